The fourth-order valence-corrected chi connectivity index (χ4v) is 4.36. The number of hydrogen-bond donors (Lipinski definition) is 0. The van der Waals surface area contributed by atoms with Crippen LogP contribution in [0.15, 0.2) is 24.3 Å². The van der Waals surface area contributed by atoms with E-state index in [-0.39, 0.29) is 29.3 Å². The topological polar surface area (TPSA) is 63.7 Å². The smallest absolute Gasteiger partial charge is 0.310 e. The molecule has 2 saturated carbocycles. The summed E-state index contributed by atoms with van der Waals surface area (Å²) >= 11 is 0. The highest BCUT2D eigenvalue weighted by Gasteiger charge is 2.44. The van der Waals surface area contributed by atoms with Crippen LogP contribution in [0.4, 0.5) is 0 Å². The molecular weight excluding hydrogens is 318 g/mol. The Kier molecular flexibility index (Phi) is 5.11. The van der Waals surface area contributed by atoms with E-state index >= 15 is 0 Å². The Morgan fingerprint density at radius 2 is 1.80 bits per heavy atom. The first-order chi connectivity index (χ1) is 11.9. The molecule has 3 unspecified atom stereocenters. The zero-order valence-corrected chi connectivity index (χ0v) is 15.1. The van der Waals surface area contributed by atoms with Gasteiger partial charge in [0.15, 0.2) is 0 Å². The van der Waals surface area contributed by atoms with E-state index in [4.69, 9.17) is 4.74 Å². The third-order valence-electron chi connectivity index (χ3n) is 6.09. The van der Waals surface area contributed by atoms with Crippen molar-refractivity contribution in [2.75, 3.05) is 7.05 Å². The van der Waals surface area contributed by atoms with Gasteiger partial charge in [-0.15, -0.1) is 0 Å². The highest BCUT2D eigenvalue weighted by molar-refractivity contribution is 6.12. The van der Waals surface area contributed by atoms with Gasteiger partial charge in [-0.1, -0.05) is 19.1 Å². The number of hydrogen-bond acceptors (Lipinski definition) is 4. The molecule has 5 heteroatoms. The van der Waals surface area contributed by atoms with Gasteiger partial charge in [-0.25, -0.2) is 0 Å². The maximum absolute atomic E-state index is 12.3. The number of likely N-dealkylation sites (N-methyl/N-ethyl adjacent to an activating group) is 1. The highest BCUT2D eigenvalue weighted by atomic mass is 16.6. The number of carbonyl (C=O) groups is 3. The number of carbonyl (C=O) groups excluding carboxylic acids is 3. The number of fused-ring (bicyclic) bond motifs is 2. The lowest BCUT2D eigenvalue weighted by Crippen LogP contribution is -2.35. The van der Waals surface area contributed by atoms with Crippen LogP contribution in [0.25, 0.3) is 0 Å². The molecule has 3 atom stereocenters. The van der Waals surface area contributed by atoms with Crippen LogP contribution in [0.3, 0.4) is 0 Å². The minimum absolute atomic E-state index is 0.0885. The Hall–Kier alpha value is -1.91. The maximum atomic E-state index is 12.3. The van der Waals surface area contributed by atoms with E-state index in [1.165, 1.54) is 38.5 Å². The molecule has 5 nitrogen and oxygen atoms in total. The van der Waals surface area contributed by atoms with Crippen LogP contribution in [0.5, 0.6) is 0 Å². The number of amides is 2. The molecule has 2 bridgehead atoms. The predicted octanol–water partition coefficient (Wildman–Crippen LogP) is 3.01. The molecule has 136 valence electrons. The summed E-state index contributed by atoms with van der Waals surface area (Å²) in [5.41, 5.74) is -0.109. The molecule has 0 radical (unpaired) electrons. The van der Waals surface area contributed by atoms with E-state index in [0.29, 0.717) is 11.8 Å². The van der Waals surface area contributed by atoms with E-state index in [9.17, 15) is 14.4 Å². The minimum atomic E-state index is -0.241. The molecule has 1 heterocycles. The van der Waals surface area contributed by atoms with Gasteiger partial charge in [0.25, 0.3) is 11.8 Å². The van der Waals surface area contributed by atoms with Gasteiger partial charge in [0.2, 0.25) is 0 Å². The van der Waals surface area contributed by atoms with Gasteiger partial charge in [0.1, 0.15) is 5.60 Å². The Labute approximate surface area is 149 Å². The van der Waals surface area contributed by atoms with Crippen molar-refractivity contribution in [1.82, 2.24) is 4.90 Å². The number of nitrogens with zero attached hydrogens (tertiary/aromatic N) is 1. The lowest BCUT2D eigenvalue weighted by molar-refractivity contribution is -0.165. The summed E-state index contributed by atoms with van der Waals surface area (Å²) in [7, 11) is 1.45. The summed E-state index contributed by atoms with van der Waals surface area (Å²) < 4.78 is 5.91. The molecule has 0 spiro atoms. The Balaban J connectivity index is 0.000000192. The van der Waals surface area contributed by atoms with Crippen molar-refractivity contribution in [3.05, 3.63) is 24.3 Å². The normalized spacial score (nSPS) is 31.4. The van der Waals surface area contributed by atoms with Gasteiger partial charge in [0.05, 0.1) is 5.92 Å². The SMILES string of the molecule is CCC1(OC(=O)C2CC3C=CC2C3)CCCC1.CN1C(=O)C=CC1=O. The van der Waals surface area contributed by atoms with Crippen molar-refractivity contribution in [2.45, 2.75) is 57.5 Å². The van der Waals surface area contributed by atoms with Crippen LogP contribution in [0.1, 0.15) is 51.9 Å². The number of esters is 1. The summed E-state index contributed by atoms with van der Waals surface area (Å²) in [6, 6.07) is 0. The molecule has 1 aliphatic heterocycles. The van der Waals surface area contributed by atoms with Crippen LogP contribution >= 0.6 is 0 Å². The number of allylic oxidation sites excluding steroid dienone is 2. The molecule has 2 fully saturated rings. The second kappa shape index (κ2) is 7.14. The van der Waals surface area contributed by atoms with Crippen LogP contribution < -0.4 is 0 Å². The number of imide groups is 1. The Morgan fingerprint density at radius 1 is 1.16 bits per heavy atom. The van der Waals surface area contributed by atoms with Crippen molar-refractivity contribution in [2.24, 2.45) is 17.8 Å². The van der Waals surface area contributed by atoms with Crippen LogP contribution in [0.2, 0.25) is 0 Å². The van der Waals surface area contributed by atoms with Crippen molar-refractivity contribution < 1.29 is 19.1 Å². The van der Waals surface area contributed by atoms with Crippen molar-refractivity contribution in [3.8, 4) is 0 Å². The Bertz CT molecular complexity index is 597. The summed E-state index contributed by atoms with van der Waals surface area (Å²) in [6.07, 6.45) is 14.8. The molecule has 3 aliphatic carbocycles. The van der Waals surface area contributed by atoms with Gasteiger partial charge in [-0.05, 0) is 56.8 Å². The number of ether oxygens (including phenoxy) is 1. The van der Waals surface area contributed by atoms with E-state index < -0.39 is 0 Å². The highest BCUT2D eigenvalue weighted by Crippen LogP contribution is 2.45. The fourth-order valence-electron chi connectivity index (χ4n) is 4.36. The Morgan fingerprint density at radius 3 is 2.20 bits per heavy atom. The van der Waals surface area contributed by atoms with E-state index in [2.05, 4.69) is 19.1 Å². The van der Waals surface area contributed by atoms with Crippen LogP contribution in [-0.2, 0) is 19.1 Å². The standard InChI is InChI=1S/C15H22O2.C5H5NO2/c1-2-15(7-3-4-8-15)17-14(16)13-10-11-5-6-12(13)9-11;1-6-4(7)2-3-5(6)8/h5-6,11-13H,2-4,7-10H2,1H3;2-3H,1H3. The third-order valence-corrected chi connectivity index (χ3v) is 6.09. The predicted molar refractivity (Wildman–Crippen MR) is 93.3 cm³/mol. The summed E-state index contributed by atoms with van der Waals surface area (Å²) in [5.74, 6) is 0.895. The molecule has 0 aromatic heterocycles. The van der Waals surface area contributed by atoms with Gasteiger partial charge in [-0.2, -0.15) is 0 Å². The quantitative estimate of drug-likeness (QED) is 0.448. The second-order valence-electron chi connectivity index (χ2n) is 7.62. The third kappa shape index (κ3) is 3.70. The zero-order valence-electron chi connectivity index (χ0n) is 15.1. The minimum Gasteiger partial charge on any atom is -0.459 e. The van der Waals surface area contributed by atoms with Crippen molar-refractivity contribution >= 4 is 17.8 Å². The zero-order chi connectivity index (χ0) is 18.0. The average molecular weight is 345 g/mol. The molecule has 4 aliphatic rings. The van der Waals surface area contributed by atoms with Crippen LogP contribution in [0, 0.1) is 17.8 Å². The van der Waals surface area contributed by atoms with E-state index in [1.807, 2.05) is 0 Å². The van der Waals surface area contributed by atoms with Crippen molar-refractivity contribution in [1.29, 1.82) is 0 Å². The molecule has 2 amide bonds. The summed E-state index contributed by atoms with van der Waals surface area (Å²) in [4.78, 5) is 34.2. The lowest BCUT2D eigenvalue weighted by atomic mass is 9.92. The van der Waals surface area contributed by atoms with Crippen LogP contribution in [-0.4, -0.2) is 35.3 Å². The molecular formula is C20H27NO4. The maximum Gasteiger partial charge on any atom is 0.310 e. The molecule has 0 aromatic rings. The van der Waals surface area contributed by atoms with Gasteiger partial charge in [0, 0.05) is 19.2 Å². The number of rotatable bonds is 3. The first kappa shape index (κ1) is 17.9. The summed E-state index contributed by atoms with van der Waals surface area (Å²) in [5, 5.41) is 0. The monoisotopic (exact) mass is 345 g/mol. The van der Waals surface area contributed by atoms with Crippen molar-refractivity contribution in [3.63, 3.8) is 0 Å². The summed E-state index contributed by atoms with van der Waals surface area (Å²) in [6.45, 7) is 2.15. The molecule has 25 heavy (non-hydrogen) atoms. The first-order valence-electron chi connectivity index (χ1n) is 9.35. The van der Waals surface area contributed by atoms with E-state index in [1.54, 1.807) is 0 Å². The largest absolute Gasteiger partial charge is 0.459 e. The van der Waals surface area contributed by atoms with Gasteiger partial charge < -0.3 is 4.74 Å². The molecule has 0 saturated heterocycles. The molecule has 0 aromatic carbocycles. The molecule has 0 N–H and O–H groups in total. The van der Waals surface area contributed by atoms with Gasteiger partial charge in [-0.3, -0.25) is 19.3 Å². The fraction of sp³-hybridized carbons (Fsp3) is 0.650. The van der Waals surface area contributed by atoms with E-state index in [0.717, 1.165) is 30.6 Å². The van der Waals surface area contributed by atoms with Gasteiger partial charge >= 0.3 is 5.97 Å². The lowest BCUT2D eigenvalue weighted by Gasteiger charge is -2.30. The first-order valence-corrected chi connectivity index (χ1v) is 9.35. The average Bonchev–Trinajstić information content (AvgIpc) is 3.39. The molecule has 4 rings (SSSR count). The second-order valence-corrected chi connectivity index (χ2v) is 7.62.